The number of carboxylic acids is 1. The van der Waals surface area contributed by atoms with Crippen LogP contribution in [0.25, 0.3) is 0 Å². The molecule has 0 aliphatic heterocycles. The highest BCUT2D eigenvalue weighted by Crippen LogP contribution is 2.34. The van der Waals surface area contributed by atoms with Crippen molar-refractivity contribution in [1.82, 2.24) is 4.98 Å². The topological polar surface area (TPSA) is 80.7 Å². The smallest absolute Gasteiger partial charge is 0.309 e. The van der Waals surface area contributed by atoms with Gasteiger partial charge in [0.2, 0.25) is 0 Å². The number of nitrogens with zero attached hydrogens (tertiary/aromatic N) is 1. The number of hydrogen-bond donors (Lipinski definition) is 2. The molecule has 25 heavy (non-hydrogen) atoms. The number of aliphatic carboxylic acids is 1. The van der Waals surface area contributed by atoms with Crippen LogP contribution in [0.5, 0.6) is 11.5 Å². The summed E-state index contributed by atoms with van der Waals surface area (Å²) >= 11 is 1.39. The first-order valence-electron chi connectivity index (χ1n) is 8.01. The van der Waals surface area contributed by atoms with E-state index in [1.807, 2.05) is 18.2 Å². The number of anilines is 1. The third-order valence-corrected chi connectivity index (χ3v) is 4.36. The Morgan fingerprint density at radius 3 is 2.76 bits per heavy atom. The third kappa shape index (κ3) is 5.63. The fourth-order valence-corrected chi connectivity index (χ4v) is 3.03. The quantitative estimate of drug-likeness (QED) is 0.697. The largest absolute Gasteiger partial charge is 0.497 e. The van der Waals surface area contributed by atoms with Crippen molar-refractivity contribution in [2.75, 3.05) is 25.6 Å². The normalized spacial score (nSPS) is 11.2. The van der Waals surface area contributed by atoms with Crippen LogP contribution in [0, 0.1) is 0 Å². The molecule has 1 heterocycles. The molecule has 2 rings (SSSR count). The summed E-state index contributed by atoms with van der Waals surface area (Å²) in [6.45, 7) is 7.45. The van der Waals surface area contributed by atoms with Crippen molar-refractivity contribution < 1.29 is 19.4 Å². The minimum absolute atomic E-state index is 0.0572. The van der Waals surface area contributed by atoms with E-state index in [-0.39, 0.29) is 11.8 Å². The van der Waals surface area contributed by atoms with E-state index in [9.17, 15) is 4.79 Å². The molecule has 0 atom stereocenters. The molecule has 0 aliphatic rings. The number of thiazole rings is 1. The Morgan fingerprint density at radius 2 is 2.12 bits per heavy atom. The lowest BCUT2D eigenvalue weighted by molar-refractivity contribution is -0.136. The van der Waals surface area contributed by atoms with Crippen molar-refractivity contribution in [2.45, 2.75) is 32.6 Å². The van der Waals surface area contributed by atoms with Gasteiger partial charge >= 0.3 is 5.97 Å². The number of rotatable bonds is 8. The van der Waals surface area contributed by atoms with Gasteiger partial charge in [-0.3, -0.25) is 4.79 Å². The molecule has 0 radical (unpaired) electrons. The Bertz CT molecular complexity index is 722. The molecule has 0 bridgehead atoms. The first-order valence-corrected chi connectivity index (χ1v) is 8.89. The van der Waals surface area contributed by atoms with Gasteiger partial charge in [-0.05, 0) is 23.6 Å². The summed E-state index contributed by atoms with van der Waals surface area (Å²) in [6, 6.07) is 5.81. The summed E-state index contributed by atoms with van der Waals surface area (Å²) in [5.74, 6) is 0.763. The highest BCUT2D eigenvalue weighted by atomic mass is 32.1. The lowest BCUT2D eigenvalue weighted by Gasteiger charge is -2.23. The maximum absolute atomic E-state index is 10.7. The van der Waals surface area contributed by atoms with E-state index in [4.69, 9.17) is 14.6 Å². The predicted octanol–water partition coefficient (Wildman–Crippen LogP) is 3.57. The molecule has 1 aromatic carbocycles. The van der Waals surface area contributed by atoms with Gasteiger partial charge in [0, 0.05) is 10.9 Å². The third-order valence-electron chi connectivity index (χ3n) is 3.51. The van der Waals surface area contributed by atoms with Crippen LogP contribution >= 0.6 is 11.3 Å². The van der Waals surface area contributed by atoms with Crippen LogP contribution in [0.1, 0.15) is 32.0 Å². The summed E-state index contributed by atoms with van der Waals surface area (Å²) in [5.41, 5.74) is 1.59. The maximum atomic E-state index is 10.7. The van der Waals surface area contributed by atoms with Crippen molar-refractivity contribution in [3.8, 4) is 11.5 Å². The summed E-state index contributed by atoms with van der Waals surface area (Å²) in [7, 11) is 1.65. The van der Waals surface area contributed by atoms with Crippen molar-refractivity contribution in [1.29, 1.82) is 0 Å². The number of carboxylic acid groups (broad SMARTS) is 1. The van der Waals surface area contributed by atoms with Gasteiger partial charge in [-0.15, -0.1) is 11.3 Å². The zero-order chi connectivity index (χ0) is 18.4. The van der Waals surface area contributed by atoms with E-state index in [0.717, 1.165) is 17.1 Å². The predicted molar refractivity (Wildman–Crippen MR) is 99.1 cm³/mol. The van der Waals surface area contributed by atoms with Crippen molar-refractivity contribution in [3.63, 3.8) is 0 Å². The zero-order valence-corrected chi connectivity index (χ0v) is 15.8. The summed E-state index contributed by atoms with van der Waals surface area (Å²) < 4.78 is 11.2. The summed E-state index contributed by atoms with van der Waals surface area (Å²) in [4.78, 5) is 14.9. The number of aromatic nitrogens is 1. The first kappa shape index (κ1) is 19.1. The average molecular weight is 364 g/mol. The monoisotopic (exact) mass is 364 g/mol. The zero-order valence-electron chi connectivity index (χ0n) is 15.0. The summed E-state index contributed by atoms with van der Waals surface area (Å²) in [5, 5.41) is 14.4. The Labute approximate surface area is 151 Å². The minimum Gasteiger partial charge on any atom is -0.497 e. The highest BCUT2D eigenvalue weighted by Gasteiger charge is 2.20. The first-order chi connectivity index (χ1) is 11.8. The van der Waals surface area contributed by atoms with Crippen LogP contribution < -0.4 is 14.8 Å². The molecule has 0 saturated heterocycles. The van der Waals surface area contributed by atoms with Crippen LogP contribution in [0.4, 0.5) is 5.13 Å². The van der Waals surface area contributed by atoms with Gasteiger partial charge in [0.25, 0.3) is 0 Å². The van der Waals surface area contributed by atoms with E-state index >= 15 is 0 Å². The molecule has 7 heteroatoms. The van der Waals surface area contributed by atoms with Crippen molar-refractivity contribution >= 4 is 22.4 Å². The molecule has 2 aromatic rings. The molecule has 0 aliphatic carbocycles. The van der Waals surface area contributed by atoms with Crippen molar-refractivity contribution in [3.05, 3.63) is 34.8 Å². The SMILES string of the molecule is COc1ccc(OCCNc2nc(CC(=O)O)cs2)c(C(C)(C)C)c1. The van der Waals surface area contributed by atoms with E-state index in [1.165, 1.54) is 11.3 Å². The van der Waals surface area contributed by atoms with Crippen LogP contribution in [0.2, 0.25) is 0 Å². The summed E-state index contributed by atoms with van der Waals surface area (Å²) in [6.07, 6.45) is -0.0600. The lowest BCUT2D eigenvalue weighted by atomic mass is 9.86. The molecular weight excluding hydrogens is 340 g/mol. The lowest BCUT2D eigenvalue weighted by Crippen LogP contribution is -2.16. The van der Waals surface area contributed by atoms with E-state index in [0.29, 0.717) is 24.0 Å². The van der Waals surface area contributed by atoms with Gasteiger partial charge in [0.05, 0.1) is 25.8 Å². The number of methoxy groups -OCH3 is 1. The molecule has 0 spiro atoms. The highest BCUT2D eigenvalue weighted by molar-refractivity contribution is 7.13. The molecule has 0 saturated carbocycles. The second kappa shape index (κ2) is 8.20. The Kier molecular flexibility index (Phi) is 6.25. The Hall–Kier alpha value is -2.28. The van der Waals surface area contributed by atoms with E-state index in [2.05, 4.69) is 31.1 Å². The van der Waals surface area contributed by atoms with Gasteiger partial charge in [0.15, 0.2) is 5.13 Å². The number of ether oxygens (including phenoxy) is 2. The van der Waals surface area contributed by atoms with Crippen LogP contribution in [-0.2, 0) is 16.6 Å². The molecular formula is C18H24N2O4S. The number of nitrogens with one attached hydrogen (secondary N) is 1. The molecule has 2 N–H and O–H groups in total. The molecule has 0 unspecified atom stereocenters. The van der Waals surface area contributed by atoms with E-state index in [1.54, 1.807) is 12.5 Å². The number of benzene rings is 1. The average Bonchev–Trinajstić information content (AvgIpc) is 2.97. The maximum Gasteiger partial charge on any atom is 0.309 e. The molecule has 1 aromatic heterocycles. The molecule has 0 fully saturated rings. The number of hydrogen-bond acceptors (Lipinski definition) is 6. The second-order valence-corrected chi connectivity index (χ2v) is 7.46. The molecule has 136 valence electrons. The van der Waals surface area contributed by atoms with Gasteiger partial charge < -0.3 is 19.9 Å². The van der Waals surface area contributed by atoms with Crippen LogP contribution in [0.3, 0.4) is 0 Å². The van der Waals surface area contributed by atoms with Gasteiger partial charge in [-0.2, -0.15) is 0 Å². The molecule has 6 nitrogen and oxygen atoms in total. The standard InChI is InChI=1S/C18H24N2O4S/c1-18(2,3)14-10-13(23-4)5-6-15(14)24-8-7-19-17-20-12(11-25-17)9-16(21)22/h5-6,10-11H,7-9H2,1-4H3,(H,19,20)(H,21,22). The van der Waals surface area contributed by atoms with Crippen molar-refractivity contribution in [2.24, 2.45) is 0 Å². The minimum atomic E-state index is -0.880. The Morgan fingerprint density at radius 1 is 1.36 bits per heavy atom. The number of carbonyl (C=O) groups is 1. The second-order valence-electron chi connectivity index (χ2n) is 6.60. The van der Waals surface area contributed by atoms with Crippen LogP contribution in [-0.4, -0.2) is 36.3 Å². The van der Waals surface area contributed by atoms with Gasteiger partial charge in [0.1, 0.15) is 18.1 Å². The fraction of sp³-hybridized carbons (Fsp3) is 0.444. The Balaban J connectivity index is 1.91. The van der Waals surface area contributed by atoms with E-state index < -0.39 is 5.97 Å². The molecule has 0 amide bonds. The van der Waals surface area contributed by atoms with Gasteiger partial charge in [-0.25, -0.2) is 4.98 Å². The van der Waals surface area contributed by atoms with Crippen LogP contribution in [0.15, 0.2) is 23.6 Å². The fourth-order valence-electron chi connectivity index (χ4n) is 2.29. The van der Waals surface area contributed by atoms with Gasteiger partial charge in [-0.1, -0.05) is 20.8 Å².